The molecule has 0 fully saturated rings. The zero-order valence-electron chi connectivity index (χ0n) is 38.7. The Kier molecular flexibility index (Phi) is 9.63. The lowest BCUT2D eigenvalue weighted by atomic mass is 9.69. The summed E-state index contributed by atoms with van der Waals surface area (Å²) in [5, 5.41) is 10.1. The van der Waals surface area contributed by atoms with Gasteiger partial charge >= 0.3 is 0 Å². The van der Waals surface area contributed by atoms with Crippen LogP contribution in [0.1, 0.15) is 36.1 Å². The molecule has 0 heteroatoms. The molecular weight excluding hydrogens is 829 g/mol. The van der Waals surface area contributed by atoms with Crippen LogP contribution in [0.2, 0.25) is 0 Å². The van der Waals surface area contributed by atoms with Gasteiger partial charge < -0.3 is 0 Å². The maximum absolute atomic E-state index is 2.56. The fourth-order valence-corrected chi connectivity index (χ4v) is 12.2. The van der Waals surface area contributed by atoms with Gasteiger partial charge in [-0.05, 0) is 158 Å². The van der Waals surface area contributed by atoms with Gasteiger partial charge in [0.05, 0.1) is 5.41 Å². The Morgan fingerprint density at radius 3 is 0.812 bits per heavy atom. The van der Waals surface area contributed by atoms with Crippen LogP contribution in [0.4, 0.5) is 0 Å². The van der Waals surface area contributed by atoms with Gasteiger partial charge in [0.25, 0.3) is 0 Å². The SMILES string of the molecule is C/C=C\C.c1ccc(-c2c3ccccc3c(-c3ccc4c(c3)C3(c5ccccc5-4)c4ccccc4-c4ccc(-c5c6ccccc6c(-c6ccccc6)c6ccccc56)cc43)c3ccccc23)cc1. The highest BCUT2D eigenvalue weighted by atomic mass is 14.5. The number of hydrogen-bond donors (Lipinski definition) is 0. The van der Waals surface area contributed by atoms with E-state index < -0.39 is 5.41 Å². The Balaban J connectivity index is 0.00000113. The van der Waals surface area contributed by atoms with Crippen molar-refractivity contribution in [2.24, 2.45) is 0 Å². The van der Waals surface area contributed by atoms with Crippen LogP contribution in [-0.2, 0) is 5.41 Å². The minimum absolute atomic E-state index is 0.533. The topological polar surface area (TPSA) is 0 Å². The van der Waals surface area contributed by atoms with Gasteiger partial charge in [0.15, 0.2) is 0 Å². The number of hydrogen-bond acceptors (Lipinski definition) is 0. The molecule has 324 valence electrons. The van der Waals surface area contributed by atoms with Crippen LogP contribution in [0.5, 0.6) is 0 Å². The van der Waals surface area contributed by atoms with Crippen molar-refractivity contribution in [3.8, 4) is 66.8 Å². The van der Waals surface area contributed by atoms with Crippen molar-refractivity contribution in [2.45, 2.75) is 19.3 Å². The summed E-state index contributed by atoms with van der Waals surface area (Å²) in [5.41, 5.74) is 20.1. The smallest absolute Gasteiger partial charge is 0.0725 e. The van der Waals surface area contributed by atoms with Crippen molar-refractivity contribution in [3.63, 3.8) is 0 Å². The highest BCUT2D eigenvalue weighted by Gasteiger charge is 2.52. The normalized spacial score (nSPS) is 12.8. The molecular formula is C69H48. The zero-order valence-corrected chi connectivity index (χ0v) is 38.7. The van der Waals surface area contributed by atoms with Crippen LogP contribution >= 0.6 is 0 Å². The van der Waals surface area contributed by atoms with Crippen LogP contribution in [0, 0.1) is 0 Å². The molecule has 69 heavy (non-hydrogen) atoms. The number of rotatable bonds is 4. The lowest BCUT2D eigenvalue weighted by Gasteiger charge is -2.31. The van der Waals surface area contributed by atoms with Crippen molar-refractivity contribution in [1.82, 2.24) is 0 Å². The van der Waals surface area contributed by atoms with Crippen LogP contribution in [0.3, 0.4) is 0 Å². The van der Waals surface area contributed by atoms with E-state index in [2.05, 4.69) is 243 Å². The molecule has 0 heterocycles. The summed E-state index contributed by atoms with van der Waals surface area (Å²) in [7, 11) is 0. The quantitative estimate of drug-likeness (QED) is 0.122. The molecule has 1 spiro atoms. The Morgan fingerprint density at radius 2 is 0.493 bits per heavy atom. The third-order valence-electron chi connectivity index (χ3n) is 15.0. The van der Waals surface area contributed by atoms with Crippen molar-refractivity contribution in [2.75, 3.05) is 0 Å². The van der Waals surface area contributed by atoms with Gasteiger partial charge in [0, 0.05) is 0 Å². The molecule has 0 nitrogen and oxygen atoms in total. The van der Waals surface area contributed by atoms with Crippen molar-refractivity contribution in [1.29, 1.82) is 0 Å². The number of fused-ring (bicyclic) bond motifs is 14. The van der Waals surface area contributed by atoms with Gasteiger partial charge in [-0.15, -0.1) is 0 Å². The molecule has 0 saturated carbocycles. The third-order valence-corrected chi connectivity index (χ3v) is 15.0. The summed E-state index contributed by atoms with van der Waals surface area (Å²) in [4.78, 5) is 0. The first kappa shape index (κ1) is 40.7. The molecule has 0 amide bonds. The van der Waals surface area contributed by atoms with E-state index in [1.165, 1.54) is 132 Å². The van der Waals surface area contributed by atoms with Crippen LogP contribution < -0.4 is 0 Å². The third kappa shape index (κ3) is 6.02. The number of allylic oxidation sites excluding steroid dienone is 2. The average molecular weight is 877 g/mol. The van der Waals surface area contributed by atoms with E-state index in [-0.39, 0.29) is 0 Å². The first-order valence-electron chi connectivity index (χ1n) is 24.2. The second kappa shape index (κ2) is 16.3. The first-order chi connectivity index (χ1) is 34.2. The summed E-state index contributed by atoms with van der Waals surface area (Å²) in [6.45, 7) is 4.00. The Hall–Kier alpha value is -8.58. The van der Waals surface area contributed by atoms with Crippen LogP contribution in [0.25, 0.3) is 110 Å². The van der Waals surface area contributed by atoms with Gasteiger partial charge in [0.1, 0.15) is 0 Å². The Labute approximate surface area is 404 Å². The number of benzene rings is 12. The van der Waals surface area contributed by atoms with E-state index in [4.69, 9.17) is 0 Å². The minimum Gasteiger partial charge on any atom is -0.0919 e. The lowest BCUT2D eigenvalue weighted by molar-refractivity contribution is 0.794. The minimum atomic E-state index is -0.533. The van der Waals surface area contributed by atoms with Crippen LogP contribution in [-0.4, -0.2) is 0 Å². The van der Waals surface area contributed by atoms with Crippen molar-refractivity contribution < 1.29 is 0 Å². The second-order valence-electron chi connectivity index (χ2n) is 18.4. The van der Waals surface area contributed by atoms with E-state index in [0.29, 0.717) is 0 Å². The maximum atomic E-state index is 2.56. The van der Waals surface area contributed by atoms with Crippen molar-refractivity contribution >= 4 is 43.1 Å². The Bertz CT molecular complexity index is 3640. The van der Waals surface area contributed by atoms with Crippen molar-refractivity contribution in [3.05, 3.63) is 277 Å². The molecule has 0 bridgehead atoms. The van der Waals surface area contributed by atoms with Gasteiger partial charge in [-0.25, -0.2) is 0 Å². The van der Waals surface area contributed by atoms with E-state index in [9.17, 15) is 0 Å². The van der Waals surface area contributed by atoms with E-state index >= 15 is 0 Å². The molecule has 2 aliphatic carbocycles. The molecule has 0 radical (unpaired) electrons. The largest absolute Gasteiger partial charge is 0.0919 e. The highest BCUT2D eigenvalue weighted by molar-refractivity contribution is 6.23. The monoisotopic (exact) mass is 876 g/mol. The van der Waals surface area contributed by atoms with Gasteiger partial charge in [0.2, 0.25) is 0 Å². The molecule has 0 aromatic heterocycles. The van der Waals surface area contributed by atoms with E-state index in [1.54, 1.807) is 0 Å². The van der Waals surface area contributed by atoms with E-state index in [0.717, 1.165) is 0 Å². The summed E-state index contributed by atoms with van der Waals surface area (Å²) in [6, 6.07) is 91.0. The molecule has 0 unspecified atom stereocenters. The van der Waals surface area contributed by atoms with Crippen LogP contribution in [0.15, 0.2) is 255 Å². The average Bonchev–Trinajstić information content (AvgIpc) is 3.88. The molecule has 0 atom stereocenters. The first-order valence-corrected chi connectivity index (χ1v) is 24.2. The highest BCUT2D eigenvalue weighted by Crippen LogP contribution is 2.64. The standard InChI is InChI=1S/C65H40.C4H8/c1-3-19-41(20-4-1)61-49-25-7-11-29-53(49)63(54-30-12-8-26-50(54)61)43-35-37-47-45-23-15-17-33-57(45)65(59(47)39-43)58-34-18-16-24-46(58)48-38-36-44(40-60(48)65)64-55-31-13-9-27-51(55)62(42-21-5-2-6-22-42)52-28-10-14-32-56(52)64;1-3-4-2/h1-40H;3-4H,1-2H3/b;4-3-. The summed E-state index contributed by atoms with van der Waals surface area (Å²) < 4.78 is 0. The second-order valence-corrected chi connectivity index (χ2v) is 18.4. The predicted octanol–water partition coefficient (Wildman–Crippen LogP) is 18.9. The van der Waals surface area contributed by atoms with Gasteiger partial charge in [-0.1, -0.05) is 243 Å². The molecule has 0 N–H and O–H groups in total. The summed E-state index contributed by atoms with van der Waals surface area (Å²) >= 11 is 0. The molecule has 12 aromatic carbocycles. The summed E-state index contributed by atoms with van der Waals surface area (Å²) in [6.07, 6.45) is 4.00. The summed E-state index contributed by atoms with van der Waals surface area (Å²) in [5.74, 6) is 0. The Morgan fingerprint density at radius 1 is 0.232 bits per heavy atom. The maximum Gasteiger partial charge on any atom is 0.0725 e. The molecule has 12 aromatic rings. The van der Waals surface area contributed by atoms with Gasteiger partial charge in [-0.3, -0.25) is 0 Å². The zero-order chi connectivity index (χ0) is 46.1. The van der Waals surface area contributed by atoms with Gasteiger partial charge in [-0.2, -0.15) is 0 Å². The fraction of sp³-hybridized carbons (Fsp3) is 0.0435. The molecule has 14 rings (SSSR count). The predicted molar refractivity (Wildman–Crippen MR) is 295 cm³/mol. The lowest BCUT2D eigenvalue weighted by Crippen LogP contribution is -2.26. The molecule has 2 aliphatic rings. The fourth-order valence-electron chi connectivity index (χ4n) is 12.2. The molecule has 0 saturated heterocycles. The molecule has 0 aliphatic heterocycles. The van der Waals surface area contributed by atoms with E-state index in [1.807, 2.05) is 26.0 Å².